The van der Waals surface area contributed by atoms with Gasteiger partial charge in [-0.3, -0.25) is 0 Å². The minimum atomic E-state index is 0.366. The van der Waals surface area contributed by atoms with Gasteiger partial charge >= 0.3 is 0 Å². The van der Waals surface area contributed by atoms with Crippen molar-refractivity contribution >= 4 is 0 Å². The fourth-order valence-electron chi connectivity index (χ4n) is 3.24. The van der Waals surface area contributed by atoms with Crippen LogP contribution >= 0.6 is 0 Å². The van der Waals surface area contributed by atoms with Crippen molar-refractivity contribution in [3.05, 3.63) is 42.0 Å². The molecule has 0 fully saturated rings. The molecule has 1 nitrogen and oxygen atoms in total. The van der Waals surface area contributed by atoms with Gasteiger partial charge in [0.1, 0.15) is 5.75 Å². The first kappa shape index (κ1) is 21.8. The van der Waals surface area contributed by atoms with Gasteiger partial charge in [0, 0.05) is 0 Å². The molecule has 0 spiro atoms. The molecule has 1 heteroatoms. The van der Waals surface area contributed by atoms with E-state index >= 15 is 0 Å². The van der Waals surface area contributed by atoms with Crippen LogP contribution in [0.2, 0.25) is 0 Å². The number of unbranched alkanes of at least 4 members (excludes halogenated alkanes) is 12. The van der Waals surface area contributed by atoms with Gasteiger partial charge in [-0.25, -0.2) is 0 Å². The molecule has 0 heterocycles. The third-order valence-electron chi connectivity index (χ3n) is 4.91. The summed E-state index contributed by atoms with van der Waals surface area (Å²) >= 11 is 0. The summed E-state index contributed by atoms with van der Waals surface area (Å²) in [5, 5.41) is 9.26. The van der Waals surface area contributed by atoms with Gasteiger partial charge < -0.3 is 5.11 Å². The Bertz CT molecular complexity index is 418. The number of rotatable bonds is 16. The molecule has 0 aliphatic heterocycles. The SMILES string of the molecule is CCCCCCCC/C=C\CCCCCCCCc1ccc(O)cc1. The Balaban J connectivity index is 1.79. The third kappa shape index (κ3) is 13.7. The predicted molar refractivity (Wildman–Crippen MR) is 111 cm³/mol. The molecular formula is C24H40O. The lowest BCUT2D eigenvalue weighted by Gasteiger charge is -2.02. The van der Waals surface area contributed by atoms with Crippen LogP contribution < -0.4 is 0 Å². The second-order valence-corrected chi connectivity index (χ2v) is 7.35. The van der Waals surface area contributed by atoms with Crippen molar-refractivity contribution in [2.45, 2.75) is 103 Å². The Hall–Kier alpha value is -1.24. The normalized spacial score (nSPS) is 11.4. The highest BCUT2D eigenvalue weighted by atomic mass is 16.3. The summed E-state index contributed by atoms with van der Waals surface area (Å²) in [5.74, 6) is 0.366. The maximum absolute atomic E-state index is 9.26. The van der Waals surface area contributed by atoms with Crippen LogP contribution in [-0.2, 0) is 6.42 Å². The summed E-state index contributed by atoms with van der Waals surface area (Å²) in [6, 6.07) is 7.64. The molecule has 1 aromatic rings. The Morgan fingerprint density at radius 1 is 0.640 bits per heavy atom. The standard InChI is InChI=1S/C24H40O/c1-2-3-4-5-6-7-8-9-10-11-12-13-14-15-16-17-18-23-19-21-24(25)22-20-23/h9-10,19-22,25H,2-8,11-18H2,1H3/b10-9-. The molecular weight excluding hydrogens is 304 g/mol. The van der Waals surface area contributed by atoms with E-state index in [1.807, 2.05) is 12.1 Å². The number of aromatic hydroxyl groups is 1. The molecule has 0 aliphatic carbocycles. The van der Waals surface area contributed by atoms with Crippen molar-refractivity contribution in [1.29, 1.82) is 0 Å². The third-order valence-corrected chi connectivity index (χ3v) is 4.91. The maximum atomic E-state index is 9.26. The summed E-state index contributed by atoms with van der Waals surface area (Å²) in [7, 11) is 0. The lowest BCUT2D eigenvalue weighted by atomic mass is 10.0. The molecule has 0 radical (unpaired) electrons. The number of allylic oxidation sites excluding steroid dienone is 2. The van der Waals surface area contributed by atoms with Crippen LogP contribution in [0.15, 0.2) is 36.4 Å². The average molecular weight is 345 g/mol. The topological polar surface area (TPSA) is 20.2 Å². The first-order valence-electron chi connectivity index (χ1n) is 10.8. The lowest BCUT2D eigenvalue weighted by Crippen LogP contribution is -1.86. The summed E-state index contributed by atoms with van der Waals surface area (Å²) in [6.07, 6.45) is 24.9. The molecule has 0 atom stereocenters. The molecule has 0 unspecified atom stereocenters. The van der Waals surface area contributed by atoms with E-state index in [9.17, 15) is 5.11 Å². The van der Waals surface area contributed by atoms with Crippen LogP contribution in [0.4, 0.5) is 0 Å². The summed E-state index contributed by atoms with van der Waals surface area (Å²) < 4.78 is 0. The maximum Gasteiger partial charge on any atom is 0.115 e. The van der Waals surface area contributed by atoms with Crippen LogP contribution in [0, 0.1) is 0 Å². The fourth-order valence-corrected chi connectivity index (χ4v) is 3.24. The monoisotopic (exact) mass is 344 g/mol. The van der Waals surface area contributed by atoms with Crippen LogP contribution in [0.25, 0.3) is 0 Å². The van der Waals surface area contributed by atoms with Crippen molar-refractivity contribution < 1.29 is 5.11 Å². The van der Waals surface area contributed by atoms with E-state index in [4.69, 9.17) is 0 Å². The van der Waals surface area contributed by atoms with Crippen LogP contribution in [-0.4, -0.2) is 5.11 Å². The zero-order chi connectivity index (χ0) is 18.0. The molecule has 25 heavy (non-hydrogen) atoms. The first-order chi connectivity index (χ1) is 12.3. The van der Waals surface area contributed by atoms with Gasteiger partial charge in [0.05, 0.1) is 0 Å². The number of benzene rings is 1. The van der Waals surface area contributed by atoms with Gasteiger partial charge in [-0.2, -0.15) is 0 Å². The molecule has 0 aromatic heterocycles. The van der Waals surface area contributed by atoms with E-state index in [-0.39, 0.29) is 0 Å². The Morgan fingerprint density at radius 2 is 1.12 bits per heavy atom. The second kappa shape index (κ2) is 16.2. The zero-order valence-electron chi connectivity index (χ0n) is 16.5. The summed E-state index contributed by atoms with van der Waals surface area (Å²) in [6.45, 7) is 2.28. The van der Waals surface area contributed by atoms with Gasteiger partial charge in [-0.15, -0.1) is 0 Å². The first-order valence-corrected chi connectivity index (χ1v) is 10.8. The van der Waals surface area contributed by atoms with Gasteiger partial charge in [0.25, 0.3) is 0 Å². The van der Waals surface area contributed by atoms with E-state index in [0.29, 0.717) is 5.75 Å². The van der Waals surface area contributed by atoms with E-state index in [1.165, 1.54) is 95.5 Å². The highest BCUT2D eigenvalue weighted by Crippen LogP contribution is 2.14. The molecule has 1 aromatic carbocycles. The molecule has 0 bridgehead atoms. The predicted octanol–water partition coefficient (Wildman–Crippen LogP) is 7.97. The quantitative estimate of drug-likeness (QED) is 0.238. The van der Waals surface area contributed by atoms with E-state index < -0.39 is 0 Å². The Morgan fingerprint density at radius 3 is 1.68 bits per heavy atom. The van der Waals surface area contributed by atoms with Crippen molar-refractivity contribution in [2.75, 3.05) is 0 Å². The van der Waals surface area contributed by atoms with Crippen LogP contribution in [0.5, 0.6) is 5.75 Å². The highest BCUT2D eigenvalue weighted by Gasteiger charge is 1.95. The van der Waals surface area contributed by atoms with Crippen molar-refractivity contribution in [3.8, 4) is 5.75 Å². The molecule has 142 valence electrons. The highest BCUT2D eigenvalue weighted by molar-refractivity contribution is 5.25. The van der Waals surface area contributed by atoms with E-state index in [0.717, 1.165) is 6.42 Å². The van der Waals surface area contributed by atoms with Gasteiger partial charge in [0.2, 0.25) is 0 Å². The Labute approximate surface area is 156 Å². The minimum Gasteiger partial charge on any atom is -0.508 e. The minimum absolute atomic E-state index is 0.366. The van der Waals surface area contributed by atoms with Crippen LogP contribution in [0.3, 0.4) is 0 Å². The lowest BCUT2D eigenvalue weighted by molar-refractivity contribution is 0.475. The van der Waals surface area contributed by atoms with E-state index in [1.54, 1.807) is 12.1 Å². The Kier molecular flexibility index (Phi) is 14.2. The average Bonchev–Trinajstić information content (AvgIpc) is 2.63. The summed E-state index contributed by atoms with van der Waals surface area (Å²) in [5.41, 5.74) is 1.34. The number of hydrogen-bond acceptors (Lipinski definition) is 1. The van der Waals surface area contributed by atoms with Crippen molar-refractivity contribution in [3.63, 3.8) is 0 Å². The molecule has 0 saturated heterocycles. The van der Waals surface area contributed by atoms with Gasteiger partial charge in [-0.1, -0.05) is 89.0 Å². The molecule has 1 N–H and O–H groups in total. The second-order valence-electron chi connectivity index (χ2n) is 7.35. The number of hydrogen-bond donors (Lipinski definition) is 1. The number of phenols is 1. The number of aryl methyl sites for hydroxylation is 1. The molecule has 1 rings (SSSR count). The van der Waals surface area contributed by atoms with Gasteiger partial charge in [-0.05, 0) is 56.2 Å². The molecule has 0 aliphatic rings. The van der Waals surface area contributed by atoms with Crippen molar-refractivity contribution in [1.82, 2.24) is 0 Å². The van der Waals surface area contributed by atoms with E-state index in [2.05, 4.69) is 19.1 Å². The van der Waals surface area contributed by atoms with Crippen molar-refractivity contribution in [2.24, 2.45) is 0 Å². The smallest absolute Gasteiger partial charge is 0.115 e. The molecule has 0 amide bonds. The van der Waals surface area contributed by atoms with Crippen LogP contribution in [0.1, 0.15) is 102 Å². The zero-order valence-corrected chi connectivity index (χ0v) is 16.5. The number of phenolic OH excluding ortho intramolecular Hbond substituents is 1. The molecule has 0 saturated carbocycles. The summed E-state index contributed by atoms with van der Waals surface area (Å²) in [4.78, 5) is 0. The fraction of sp³-hybridized carbons (Fsp3) is 0.667. The van der Waals surface area contributed by atoms with Gasteiger partial charge in [0.15, 0.2) is 0 Å². The largest absolute Gasteiger partial charge is 0.508 e.